The SMILES string of the molecule is CC(C)(C)OC(=O)N1CCNC(c2cn(Cc3ccccc3)nn2)C1. The van der Waals surface area contributed by atoms with Crippen molar-refractivity contribution in [2.24, 2.45) is 0 Å². The summed E-state index contributed by atoms with van der Waals surface area (Å²) in [5.74, 6) is 0. The number of hydrogen-bond acceptors (Lipinski definition) is 5. The number of hydrogen-bond donors (Lipinski definition) is 1. The molecule has 0 radical (unpaired) electrons. The molecule has 3 rings (SSSR count). The zero-order valence-electron chi connectivity index (χ0n) is 15.0. The van der Waals surface area contributed by atoms with Crippen molar-refractivity contribution in [3.8, 4) is 0 Å². The lowest BCUT2D eigenvalue weighted by Crippen LogP contribution is -2.49. The molecule has 0 saturated carbocycles. The van der Waals surface area contributed by atoms with Crippen molar-refractivity contribution >= 4 is 6.09 Å². The smallest absolute Gasteiger partial charge is 0.410 e. The minimum absolute atomic E-state index is 0.0363. The summed E-state index contributed by atoms with van der Waals surface area (Å²) in [5, 5.41) is 11.9. The molecule has 1 saturated heterocycles. The number of piperazine rings is 1. The Morgan fingerprint density at radius 1 is 1.32 bits per heavy atom. The van der Waals surface area contributed by atoms with Crippen molar-refractivity contribution in [2.45, 2.75) is 39.0 Å². The number of amides is 1. The highest BCUT2D eigenvalue weighted by atomic mass is 16.6. The van der Waals surface area contributed by atoms with Gasteiger partial charge in [-0.2, -0.15) is 0 Å². The number of nitrogens with one attached hydrogen (secondary N) is 1. The topological polar surface area (TPSA) is 72.3 Å². The van der Waals surface area contributed by atoms with Gasteiger partial charge in [0.1, 0.15) is 11.3 Å². The van der Waals surface area contributed by atoms with Gasteiger partial charge in [0.05, 0.1) is 18.8 Å². The Bertz CT molecular complexity index is 708. The fourth-order valence-corrected chi connectivity index (χ4v) is 2.76. The fourth-order valence-electron chi connectivity index (χ4n) is 2.76. The molecule has 1 N–H and O–H groups in total. The van der Waals surface area contributed by atoms with E-state index in [1.54, 1.807) is 4.90 Å². The molecule has 2 heterocycles. The molecule has 1 unspecified atom stereocenters. The number of carbonyl (C=O) groups excluding carboxylic acids is 1. The van der Waals surface area contributed by atoms with Gasteiger partial charge in [-0.1, -0.05) is 35.5 Å². The van der Waals surface area contributed by atoms with E-state index >= 15 is 0 Å². The summed E-state index contributed by atoms with van der Waals surface area (Å²) in [5.41, 5.74) is 1.52. The van der Waals surface area contributed by atoms with E-state index in [-0.39, 0.29) is 12.1 Å². The molecule has 1 atom stereocenters. The van der Waals surface area contributed by atoms with Crippen LogP contribution in [0, 0.1) is 0 Å². The normalized spacial score (nSPS) is 18.2. The second kappa shape index (κ2) is 7.23. The lowest BCUT2D eigenvalue weighted by molar-refractivity contribution is 0.0193. The molecule has 1 aromatic carbocycles. The van der Waals surface area contributed by atoms with Gasteiger partial charge < -0.3 is 15.0 Å². The highest BCUT2D eigenvalue weighted by molar-refractivity contribution is 5.68. The number of ether oxygens (including phenoxy) is 1. The maximum Gasteiger partial charge on any atom is 0.410 e. The van der Waals surface area contributed by atoms with Crippen LogP contribution in [0.5, 0.6) is 0 Å². The van der Waals surface area contributed by atoms with Gasteiger partial charge in [-0.05, 0) is 26.3 Å². The molecule has 0 spiro atoms. The summed E-state index contributed by atoms with van der Waals surface area (Å²) in [6.07, 6.45) is 1.65. The average Bonchev–Trinajstić information content (AvgIpc) is 3.03. The molecule has 1 aliphatic heterocycles. The van der Waals surface area contributed by atoms with Crippen molar-refractivity contribution in [3.05, 3.63) is 47.8 Å². The summed E-state index contributed by atoms with van der Waals surface area (Å²) < 4.78 is 7.28. The van der Waals surface area contributed by atoms with E-state index in [4.69, 9.17) is 4.74 Å². The van der Waals surface area contributed by atoms with Crippen LogP contribution in [0.1, 0.15) is 38.1 Å². The van der Waals surface area contributed by atoms with E-state index in [9.17, 15) is 4.79 Å². The monoisotopic (exact) mass is 343 g/mol. The number of nitrogens with zero attached hydrogens (tertiary/aromatic N) is 4. The maximum absolute atomic E-state index is 12.3. The first-order chi connectivity index (χ1) is 11.9. The van der Waals surface area contributed by atoms with Crippen LogP contribution in [-0.2, 0) is 11.3 Å². The molecule has 0 aliphatic carbocycles. The van der Waals surface area contributed by atoms with Gasteiger partial charge in [0.25, 0.3) is 0 Å². The second-order valence-electron chi connectivity index (χ2n) is 7.26. The van der Waals surface area contributed by atoms with Crippen LogP contribution in [0.2, 0.25) is 0 Å². The minimum Gasteiger partial charge on any atom is -0.444 e. The maximum atomic E-state index is 12.3. The van der Waals surface area contributed by atoms with Crippen molar-refractivity contribution in [3.63, 3.8) is 0 Å². The molecule has 1 aliphatic rings. The van der Waals surface area contributed by atoms with E-state index in [2.05, 4.69) is 27.8 Å². The van der Waals surface area contributed by atoms with Gasteiger partial charge in [0.15, 0.2) is 0 Å². The molecule has 2 aromatic rings. The zero-order chi connectivity index (χ0) is 17.9. The predicted molar refractivity (Wildman–Crippen MR) is 94.1 cm³/mol. The number of benzene rings is 1. The molecule has 0 bridgehead atoms. The summed E-state index contributed by atoms with van der Waals surface area (Å²) in [4.78, 5) is 14.0. The second-order valence-corrected chi connectivity index (χ2v) is 7.26. The first kappa shape index (κ1) is 17.4. The van der Waals surface area contributed by atoms with Crippen molar-refractivity contribution in [1.82, 2.24) is 25.2 Å². The van der Waals surface area contributed by atoms with Crippen LogP contribution in [0.4, 0.5) is 4.79 Å². The van der Waals surface area contributed by atoms with E-state index < -0.39 is 5.60 Å². The van der Waals surface area contributed by atoms with Gasteiger partial charge in [0, 0.05) is 19.6 Å². The van der Waals surface area contributed by atoms with Gasteiger partial charge in [-0.25, -0.2) is 9.48 Å². The molecule has 25 heavy (non-hydrogen) atoms. The summed E-state index contributed by atoms with van der Waals surface area (Å²) in [7, 11) is 0. The van der Waals surface area contributed by atoms with Crippen LogP contribution in [0.3, 0.4) is 0 Å². The standard InChI is InChI=1S/C18H25N5O2/c1-18(2,3)25-17(24)22-10-9-19-15(12-22)16-13-23(21-20-16)11-14-7-5-4-6-8-14/h4-8,13,15,19H,9-12H2,1-3H3. The first-order valence-corrected chi connectivity index (χ1v) is 8.56. The minimum atomic E-state index is -0.490. The molecule has 7 heteroatoms. The van der Waals surface area contributed by atoms with Gasteiger partial charge in [-0.3, -0.25) is 0 Å². The van der Waals surface area contributed by atoms with E-state index in [1.165, 1.54) is 5.56 Å². The van der Waals surface area contributed by atoms with Crippen LogP contribution < -0.4 is 5.32 Å². The molecule has 1 aromatic heterocycles. The first-order valence-electron chi connectivity index (χ1n) is 8.56. The fraction of sp³-hybridized carbons (Fsp3) is 0.500. The Morgan fingerprint density at radius 2 is 2.08 bits per heavy atom. The molecule has 1 fully saturated rings. The van der Waals surface area contributed by atoms with Crippen molar-refractivity contribution in [1.29, 1.82) is 0 Å². The zero-order valence-corrected chi connectivity index (χ0v) is 15.0. The van der Waals surface area contributed by atoms with E-state index in [1.807, 2.05) is 49.8 Å². The average molecular weight is 343 g/mol. The van der Waals surface area contributed by atoms with E-state index in [0.29, 0.717) is 26.2 Å². The van der Waals surface area contributed by atoms with Crippen LogP contribution in [0.25, 0.3) is 0 Å². The molecular formula is C18H25N5O2. The molecular weight excluding hydrogens is 318 g/mol. The Kier molecular flexibility index (Phi) is 5.03. The van der Waals surface area contributed by atoms with E-state index in [0.717, 1.165) is 5.69 Å². The molecule has 134 valence electrons. The summed E-state index contributed by atoms with van der Waals surface area (Å²) in [6.45, 7) is 8.16. The number of carbonyl (C=O) groups is 1. The predicted octanol–water partition coefficient (Wildman–Crippen LogP) is 2.21. The number of aromatic nitrogens is 3. The van der Waals surface area contributed by atoms with Gasteiger partial charge in [-0.15, -0.1) is 5.10 Å². The van der Waals surface area contributed by atoms with Gasteiger partial charge in [0.2, 0.25) is 0 Å². The Morgan fingerprint density at radius 3 is 2.80 bits per heavy atom. The van der Waals surface area contributed by atoms with Crippen LogP contribution in [0.15, 0.2) is 36.5 Å². The summed E-state index contributed by atoms with van der Waals surface area (Å²) >= 11 is 0. The highest BCUT2D eigenvalue weighted by Gasteiger charge is 2.29. The van der Waals surface area contributed by atoms with Crippen molar-refractivity contribution < 1.29 is 9.53 Å². The summed E-state index contributed by atoms with van der Waals surface area (Å²) in [6, 6.07) is 10.1. The third-order valence-corrected chi connectivity index (χ3v) is 3.93. The third-order valence-electron chi connectivity index (χ3n) is 3.93. The van der Waals surface area contributed by atoms with Gasteiger partial charge >= 0.3 is 6.09 Å². The lowest BCUT2D eigenvalue weighted by Gasteiger charge is -2.34. The number of rotatable bonds is 3. The highest BCUT2D eigenvalue weighted by Crippen LogP contribution is 2.18. The van der Waals surface area contributed by atoms with Crippen LogP contribution in [-0.4, -0.2) is 51.2 Å². The third kappa shape index (κ3) is 4.79. The van der Waals surface area contributed by atoms with Crippen LogP contribution >= 0.6 is 0 Å². The molecule has 7 nitrogen and oxygen atoms in total. The Balaban J connectivity index is 1.63. The quantitative estimate of drug-likeness (QED) is 0.925. The lowest BCUT2D eigenvalue weighted by atomic mass is 10.1. The van der Waals surface area contributed by atoms with Crippen molar-refractivity contribution in [2.75, 3.05) is 19.6 Å². The molecule has 1 amide bonds. The largest absolute Gasteiger partial charge is 0.444 e. The Hall–Kier alpha value is -2.41. The Labute approximate surface area is 148 Å².